The van der Waals surface area contributed by atoms with Crippen molar-refractivity contribution in [3.05, 3.63) is 58.4 Å². The van der Waals surface area contributed by atoms with E-state index in [9.17, 15) is 33.1 Å². The molecule has 12 nitrogen and oxygen atoms in total. The number of benzene rings is 2. The van der Waals surface area contributed by atoms with Crippen LogP contribution in [0.5, 0.6) is 6.01 Å². The predicted octanol–water partition coefficient (Wildman–Crippen LogP) is 4.04. The van der Waals surface area contributed by atoms with Gasteiger partial charge in [-0.15, -0.1) is 0 Å². The molecule has 4 aromatic rings. The first-order valence-corrected chi connectivity index (χ1v) is 14.5. The minimum atomic E-state index is -5.17. The van der Waals surface area contributed by atoms with Crippen molar-refractivity contribution in [1.29, 1.82) is 5.26 Å². The lowest BCUT2D eigenvalue weighted by Crippen LogP contribution is -2.55. The van der Waals surface area contributed by atoms with Crippen molar-refractivity contribution in [3.63, 3.8) is 0 Å². The highest BCUT2D eigenvalue weighted by Gasteiger charge is 2.40. The number of piperazine rings is 1. The zero-order valence-electron chi connectivity index (χ0n) is 24.5. The van der Waals surface area contributed by atoms with Crippen molar-refractivity contribution in [2.45, 2.75) is 37.5 Å². The maximum Gasteiger partial charge on any atom is 0.450 e. The average Bonchev–Trinajstić information content (AvgIpc) is 3.43. The molecule has 0 bridgehead atoms. The van der Waals surface area contributed by atoms with E-state index in [1.807, 2.05) is 13.1 Å². The zero-order valence-corrected chi connectivity index (χ0v) is 24.5. The van der Waals surface area contributed by atoms with Crippen LogP contribution in [0, 0.1) is 17.1 Å². The van der Waals surface area contributed by atoms with Gasteiger partial charge in [-0.1, -0.05) is 24.3 Å². The Bertz CT molecular complexity index is 1920. The summed E-state index contributed by atoms with van der Waals surface area (Å²) in [5.74, 6) is -2.63. The Balaban J connectivity index is 1.58. The number of carbonyl (C=O) groups is 1. The van der Waals surface area contributed by atoms with E-state index in [-0.39, 0.29) is 67.0 Å². The number of anilines is 1. The number of amides is 1. The van der Waals surface area contributed by atoms with E-state index in [1.165, 1.54) is 35.2 Å². The minimum absolute atomic E-state index is 0.0166. The van der Waals surface area contributed by atoms with Crippen LogP contribution in [0.15, 0.2) is 41.2 Å². The second-order valence-corrected chi connectivity index (χ2v) is 11.2. The Morgan fingerprint density at radius 3 is 2.52 bits per heavy atom. The molecular formula is C30H28F4N8O4. The van der Waals surface area contributed by atoms with Crippen LogP contribution in [0.3, 0.4) is 0 Å². The van der Waals surface area contributed by atoms with Crippen LogP contribution in [-0.4, -0.2) is 92.4 Å². The van der Waals surface area contributed by atoms with Crippen molar-refractivity contribution in [2.75, 3.05) is 44.7 Å². The van der Waals surface area contributed by atoms with Crippen LogP contribution in [0.1, 0.15) is 25.1 Å². The number of likely N-dealkylation sites (tertiary alicyclic amines) is 1. The molecule has 0 saturated carbocycles. The highest BCUT2D eigenvalue weighted by Crippen LogP contribution is 2.35. The van der Waals surface area contributed by atoms with Gasteiger partial charge in [-0.25, -0.2) is 14.2 Å². The van der Waals surface area contributed by atoms with Gasteiger partial charge in [-0.05, 0) is 44.0 Å². The molecule has 1 N–H and O–H groups in total. The predicted molar refractivity (Wildman–Crippen MR) is 158 cm³/mol. The molecule has 0 unspecified atom stereocenters. The number of nitrogens with zero attached hydrogens (tertiary/aromatic N) is 8. The molecule has 1 amide bonds. The fourth-order valence-corrected chi connectivity index (χ4v) is 6.13. The van der Waals surface area contributed by atoms with Gasteiger partial charge < -0.3 is 24.5 Å². The summed E-state index contributed by atoms with van der Waals surface area (Å²) in [6.07, 6.45) is -4.84. The summed E-state index contributed by atoms with van der Waals surface area (Å²) in [4.78, 5) is 43.1. The fourth-order valence-electron chi connectivity index (χ4n) is 6.13. The van der Waals surface area contributed by atoms with E-state index < -0.39 is 46.5 Å². The summed E-state index contributed by atoms with van der Waals surface area (Å²) in [5, 5.41) is 19.0. The van der Waals surface area contributed by atoms with Gasteiger partial charge in [-0.3, -0.25) is 9.36 Å². The molecule has 0 spiro atoms. The van der Waals surface area contributed by atoms with Crippen LogP contribution in [0.2, 0.25) is 0 Å². The molecule has 46 heavy (non-hydrogen) atoms. The van der Waals surface area contributed by atoms with Crippen LogP contribution < -0.4 is 15.2 Å². The molecule has 2 atom stereocenters. The summed E-state index contributed by atoms with van der Waals surface area (Å²) >= 11 is 0. The van der Waals surface area contributed by atoms with E-state index in [1.54, 1.807) is 0 Å². The first-order chi connectivity index (χ1) is 22.0. The number of carboxylic acid groups (broad SMARTS) is 1. The Kier molecular flexibility index (Phi) is 8.11. The second-order valence-electron chi connectivity index (χ2n) is 11.2. The summed E-state index contributed by atoms with van der Waals surface area (Å²) in [6.45, 7) is 0.766. The Hall–Kier alpha value is -5.04. The van der Waals surface area contributed by atoms with Crippen molar-refractivity contribution in [2.24, 2.45) is 0 Å². The monoisotopic (exact) mass is 640 g/mol. The number of likely N-dealkylation sites (N-methyl/N-ethyl adjacent to an activating group) is 1. The van der Waals surface area contributed by atoms with Gasteiger partial charge in [0, 0.05) is 31.1 Å². The van der Waals surface area contributed by atoms with E-state index >= 15 is 4.39 Å². The second kappa shape index (κ2) is 12.0. The Labute approximate surface area is 259 Å². The number of nitriles is 1. The first kappa shape index (κ1) is 31.0. The number of aromatic nitrogens is 4. The smallest absolute Gasteiger partial charge is 0.450 e. The molecule has 2 saturated heterocycles. The zero-order chi connectivity index (χ0) is 32.7. The Morgan fingerprint density at radius 1 is 1.09 bits per heavy atom. The molecule has 2 fully saturated rings. The van der Waals surface area contributed by atoms with E-state index in [0.29, 0.717) is 4.57 Å². The molecule has 0 radical (unpaired) electrons. The van der Waals surface area contributed by atoms with E-state index in [4.69, 9.17) is 4.74 Å². The molecular weight excluding hydrogens is 612 g/mol. The summed E-state index contributed by atoms with van der Waals surface area (Å²) in [7, 11) is 1.93. The van der Waals surface area contributed by atoms with Gasteiger partial charge in [-0.2, -0.15) is 28.4 Å². The molecule has 16 heteroatoms. The third kappa shape index (κ3) is 5.62. The number of fused-ring (bicyclic) bond motifs is 2. The maximum atomic E-state index is 15.1. The average molecular weight is 641 g/mol. The molecule has 2 aliphatic rings. The van der Waals surface area contributed by atoms with Crippen molar-refractivity contribution >= 4 is 33.7 Å². The molecule has 2 aliphatic heterocycles. The minimum Gasteiger partial charge on any atom is -0.465 e. The summed E-state index contributed by atoms with van der Waals surface area (Å²) in [6, 6.07) is 8.95. The number of hydrogen-bond donors (Lipinski definition) is 1. The van der Waals surface area contributed by atoms with Gasteiger partial charge in [0.15, 0.2) is 11.3 Å². The van der Waals surface area contributed by atoms with Gasteiger partial charge in [0.25, 0.3) is 5.56 Å². The lowest BCUT2D eigenvalue weighted by molar-refractivity contribution is -0.146. The van der Waals surface area contributed by atoms with Gasteiger partial charge >= 0.3 is 18.3 Å². The van der Waals surface area contributed by atoms with Gasteiger partial charge in [0.2, 0.25) is 5.82 Å². The first-order valence-electron chi connectivity index (χ1n) is 14.5. The number of halogens is 4. The number of hydrogen-bond acceptors (Lipinski definition) is 9. The van der Waals surface area contributed by atoms with E-state index in [2.05, 4.69) is 19.9 Å². The number of rotatable bonds is 6. The van der Waals surface area contributed by atoms with Crippen molar-refractivity contribution in [3.8, 4) is 17.8 Å². The molecule has 2 aromatic carbocycles. The highest BCUT2D eigenvalue weighted by molar-refractivity contribution is 5.92. The summed E-state index contributed by atoms with van der Waals surface area (Å²) in [5.41, 5.74) is -2.59. The summed E-state index contributed by atoms with van der Waals surface area (Å²) < 4.78 is 65.5. The largest absolute Gasteiger partial charge is 0.465 e. The van der Waals surface area contributed by atoms with E-state index in [0.717, 1.165) is 30.4 Å². The third-order valence-corrected chi connectivity index (χ3v) is 8.44. The van der Waals surface area contributed by atoms with Crippen LogP contribution in [0.25, 0.3) is 27.5 Å². The van der Waals surface area contributed by atoms with Crippen LogP contribution >= 0.6 is 0 Å². The van der Waals surface area contributed by atoms with Crippen molar-refractivity contribution in [1.82, 2.24) is 29.3 Å². The lowest BCUT2D eigenvalue weighted by Gasteiger charge is -2.39. The fraction of sp³-hybridized carbons (Fsp3) is 0.400. The highest BCUT2D eigenvalue weighted by atomic mass is 19.4. The van der Waals surface area contributed by atoms with Gasteiger partial charge in [0.1, 0.15) is 17.9 Å². The molecule has 4 heterocycles. The maximum absolute atomic E-state index is 15.1. The number of alkyl halides is 3. The lowest BCUT2D eigenvalue weighted by atomic mass is 10.1. The number of ether oxygens (including phenoxy) is 1. The molecule has 2 aromatic heterocycles. The van der Waals surface area contributed by atoms with Crippen LogP contribution in [-0.2, 0) is 6.18 Å². The molecule has 0 aliphatic carbocycles. The van der Waals surface area contributed by atoms with Gasteiger partial charge in [0.05, 0.1) is 24.2 Å². The molecule has 6 rings (SSSR count). The quantitative estimate of drug-likeness (QED) is 0.307. The van der Waals surface area contributed by atoms with Crippen LogP contribution in [0.4, 0.5) is 28.2 Å². The normalized spacial score (nSPS) is 19.1. The SMILES string of the molecule is CN1CCC[C@H]1COc1nc(N2CCN(C(=O)O)[C@@H](CC#N)C2)c2nc(C(F)(F)F)n(-c3cccc4cccc(F)c34)c(=O)c2n1. The topological polar surface area (TPSA) is 141 Å². The Morgan fingerprint density at radius 2 is 1.85 bits per heavy atom. The molecule has 240 valence electrons. The third-order valence-electron chi connectivity index (χ3n) is 8.44. The van der Waals surface area contributed by atoms with Crippen molar-refractivity contribution < 1.29 is 32.2 Å². The standard InChI is InChI=1S/C30H28F4N8O4/c1-39-12-4-7-19(39)16-46-28-37-24-23(25(38-28)40-13-14-41(29(44)45)18(15-40)10-11-35)36-27(30(32,33)34)42(26(24)43)21-9-3-6-17-5-2-8-20(31)22(17)21/h2-3,5-6,8-9,18-19H,4,7,10,12-16H2,1H3,(H,44,45)/t18-,19-/m0/s1.